The van der Waals surface area contributed by atoms with Gasteiger partial charge in [0.2, 0.25) is 0 Å². The van der Waals surface area contributed by atoms with Crippen LogP contribution in [0.1, 0.15) is 34.6 Å². The summed E-state index contributed by atoms with van der Waals surface area (Å²) >= 11 is 0. The first-order valence-corrected chi connectivity index (χ1v) is 4.65. The Kier molecular flexibility index (Phi) is 6.27. The van der Waals surface area contributed by atoms with Crippen LogP contribution in [0.25, 0.3) is 0 Å². The van der Waals surface area contributed by atoms with E-state index in [0.29, 0.717) is 0 Å². The van der Waals surface area contributed by atoms with Crippen molar-refractivity contribution < 1.29 is 29.3 Å². The fourth-order valence-electron chi connectivity index (χ4n) is 1.28. The van der Waals surface area contributed by atoms with E-state index in [9.17, 15) is 14.4 Å². The van der Waals surface area contributed by atoms with Crippen LogP contribution in [0.15, 0.2) is 18.2 Å². The van der Waals surface area contributed by atoms with Gasteiger partial charge in [-0.3, -0.25) is 14.5 Å². The largest absolute Gasteiger partial charge is 3.00 e. The Balaban J connectivity index is 0.00000289. The molecular formula is C11H10AlO6+3. The van der Waals surface area contributed by atoms with E-state index < -0.39 is 11.9 Å². The van der Waals surface area contributed by atoms with Crippen LogP contribution in [-0.4, -0.2) is 40.3 Å². The fourth-order valence-corrected chi connectivity index (χ4v) is 1.28. The summed E-state index contributed by atoms with van der Waals surface area (Å²) in [5.41, 5.74) is -0.140. The van der Waals surface area contributed by atoms with Gasteiger partial charge in [-0.2, -0.15) is 5.26 Å². The van der Waals surface area contributed by atoms with Crippen molar-refractivity contribution in [1.82, 2.24) is 0 Å². The molecule has 0 radical (unpaired) electrons. The summed E-state index contributed by atoms with van der Waals surface area (Å²) in [6, 6.07) is 4.08. The van der Waals surface area contributed by atoms with Crippen LogP contribution in [0.5, 0.6) is 5.75 Å². The first-order chi connectivity index (χ1) is 7.97. The summed E-state index contributed by atoms with van der Waals surface area (Å²) < 4.78 is 4.79. The van der Waals surface area contributed by atoms with Crippen LogP contribution in [0.2, 0.25) is 0 Å². The van der Waals surface area contributed by atoms with E-state index in [1.165, 1.54) is 25.1 Å². The molecule has 0 amide bonds. The number of hydrogen-bond donors (Lipinski definition) is 1. The Bertz CT molecular complexity index is 482. The Labute approximate surface area is 114 Å². The molecule has 1 aromatic carbocycles. The van der Waals surface area contributed by atoms with E-state index in [-0.39, 0.29) is 40.0 Å². The number of para-hydroxylation sites is 1. The molecule has 0 unspecified atom stereocenters. The van der Waals surface area contributed by atoms with E-state index >= 15 is 0 Å². The third kappa shape index (κ3) is 3.67. The maximum Gasteiger partial charge on any atom is 3.00 e. The molecule has 0 fully saturated rings. The van der Waals surface area contributed by atoms with Crippen molar-refractivity contribution >= 4 is 35.1 Å². The predicted octanol–water partition coefficient (Wildman–Crippen LogP) is 1.06. The number of rotatable bonds is 3. The van der Waals surface area contributed by atoms with Crippen molar-refractivity contribution in [3.05, 3.63) is 29.3 Å². The molecule has 0 saturated heterocycles. The Morgan fingerprint density at radius 1 is 1.11 bits per heavy atom. The second kappa shape index (κ2) is 6.91. The molecule has 90 valence electrons. The quantitative estimate of drug-likeness (QED) is 0.219. The minimum absolute atomic E-state index is 0. The number of carbonyl (C=O) groups excluding carboxylic acids is 3. The molecule has 1 N–H and O–H groups in total. The molecule has 0 aliphatic rings. The van der Waals surface area contributed by atoms with Crippen molar-refractivity contribution in [2.45, 2.75) is 13.8 Å². The molecule has 0 bridgehead atoms. The van der Waals surface area contributed by atoms with Gasteiger partial charge in [-0.05, 0) is 19.1 Å². The molecule has 1 aromatic rings. The summed E-state index contributed by atoms with van der Waals surface area (Å²) in [5.74, 6) is -2.39. The molecule has 0 aliphatic carbocycles. The van der Waals surface area contributed by atoms with Crippen molar-refractivity contribution in [2.24, 2.45) is 0 Å². The summed E-state index contributed by atoms with van der Waals surface area (Å²) in [4.78, 5) is 37.0. The maximum atomic E-state index is 11.3. The molecule has 6 nitrogen and oxygen atoms in total. The average molecular weight is 265 g/mol. The van der Waals surface area contributed by atoms with Gasteiger partial charge in [-0.25, -0.2) is 4.79 Å². The van der Waals surface area contributed by atoms with Gasteiger partial charge in [0.05, 0.1) is 5.56 Å². The SMILES string of the molecule is CC(=O)Oc1c(C(C)=O)cccc1C(=O)OO.[Al+3]. The second-order valence-electron chi connectivity index (χ2n) is 3.21. The molecule has 0 aromatic heterocycles. The van der Waals surface area contributed by atoms with Gasteiger partial charge in [0.15, 0.2) is 11.5 Å². The summed E-state index contributed by atoms with van der Waals surface area (Å²) in [6.45, 7) is 2.39. The zero-order chi connectivity index (χ0) is 13.0. The van der Waals surface area contributed by atoms with Crippen LogP contribution in [0.4, 0.5) is 0 Å². The molecule has 0 aliphatic heterocycles. The number of esters is 1. The smallest absolute Gasteiger partial charge is 0.425 e. The Morgan fingerprint density at radius 2 is 1.67 bits per heavy atom. The average Bonchev–Trinajstić information content (AvgIpc) is 2.27. The minimum Gasteiger partial charge on any atom is -0.425 e. The van der Waals surface area contributed by atoms with Gasteiger partial charge in [0.1, 0.15) is 5.56 Å². The number of ketones is 1. The van der Waals surface area contributed by atoms with Crippen molar-refractivity contribution in [3.8, 4) is 5.75 Å². The van der Waals surface area contributed by atoms with Crippen LogP contribution in [-0.2, 0) is 9.68 Å². The topological polar surface area (TPSA) is 89.9 Å². The fraction of sp³-hybridized carbons (Fsp3) is 0.182. The Morgan fingerprint density at radius 3 is 2.11 bits per heavy atom. The summed E-state index contributed by atoms with van der Waals surface area (Å²) in [6.07, 6.45) is 0. The number of Topliss-reactive ketones (excluding diaryl/α,β-unsaturated/α-hetero) is 1. The molecule has 0 spiro atoms. The number of benzene rings is 1. The molecule has 0 atom stereocenters. The van der Waals surface area contributed by atoms with E-state index in [0.717, 1.165) is 6.92 Å². The predicted molar refractivity (Wildman–Crippen MR) is 61.6 cm³/mol. The number of carbonyl (C=O) groups is 3. The van der Waals surface area contributed by atoms with E-state index in [4.69, 9.17) is 9.99 Å². The number of ether oxygens (including phenoxy) is 1. The van der Waals surface area contributed by atoms with Crippen LogP contribution in [0, 0.1) is 0 Å². The third-order valence-electron chi connectivity index (χ3n) is 1.94. The van der Waals surface area contributed by atoms with E-state index in [1.807, 2.05) is 0 Å². The minimum atomic E-state index is -1.11. The molecule has 0 saturated carbocycles. The van der Waals surface area contributed by atoms with Gasteiger partial charge >= 0.3 is 29.3 Å². The van der Waals surface area contributed by atoms with Gasteiger partial charge < -0.3 is 4.74 Å². The molecule has 7 heteroatoms. The normalized spacial score (nSPS) is 9.06. The Hall–Kier alpha value is -1.68. The van der Waals surface area contributed by atoms with Gasteiger partial charge in [-0.1, -0.05) is 6.07 Å². The molecule has 0 heterocycles. The van der Waals surface area contributed by atoms with Crippen molar-refractivity contribution in [1.29, 1.82) is 0 Å². The van der Waals surface area contributed by atoms with E-state index in [1.54, 1.807) is 0 Å². The van der Waals surface area contributed by atoms with Crippen LogP contribution < -0.4 is 4.74 Å². The second-order valence-corrected chi connectivity index (χ2v) is 3.21. The molecule has 18 heavy (non-hydrogen) atoms. The standard InChI is InChI=1S/C11H10O6.Al/c1-6(12)8-4-3-5-9(11(14)17-15)10(8)16-7(2)13;/h3-5,15H,1-2H3;/q;+3. The number of hydrogen-bond acceptors (Lipinski definition) is 6. The van der Waals surface area contributed by atoms with Crippen LogP contribution >= 0.6 is 0 Å². The zero-order valence-electron chi connectivity index (χ0n) is 9.80. The first-order valence-electron chi connectivity index (χ1n) is 4.65. The van der Waals surface area contributed by atoms with Crippen molar-refractivity contribution in [3.63, 3.8) is 0 Å². The van der Waals surface area contributed by atoms with Crippen LogP contribution in [0.3, 0.4) is 0 Å². The summed E-state index contributed by atoms with van der Waals surface area (Å²) in [5, 5.41) is 8.30. The maximum absolute atomic E-state index is 11.3. The molecular weight excluding hydrogens is 255 g/mol. The van der Waals surface area contributed by atoms with Gasteiger partial charge in [0, 0.05) is 6.92 Å². The summed E-state index contributed by atoms with van der Waals surface area (Å²) in [7, 11) is 0. The van der Waals surface area contributed by atoms with Gasteiger partial charge in [0.25, 0.3) is 0 Å². The molecule has 1 rings (SSSR count). The zero-order valence-corrected chi connectivity index (χ0v) is 11.0. The third-order valence-corrected chi connectivity index (χ3v) is 1.94. The van der Waals surface area contributed by atoms with Crippen molar-refractivity contribution in [2.75, 3.05) is 0 Å². The first kappa shape index (κ1) is 16.3. The van der Waals surface area contributed by atoms with E-state index in [2.05, 4.69) is 4.89 Å². The monoisotopic (exact) mass is 265 g/mol. The van der Waals surface area contributed by atoms with Gasteiger partial charge in [-0.15, -0.1) is 0 Å².